The van der Waals surface area contributed by atoms with E-state index in [9.17, 15) is 37.2 Å². The molecule has 1 fully saturated rings. The molecule has 0 spiro atoms. The molecule has 28 heteroatoms. The summed E-state index contributed by atoms with van der Waals surface area (Å²) in [6.45, 7) is 12.1. The molecular weight excluding hydrogens is 1140 g/mol. The van der Waals surface area contributed by atoms with E-state index in [1.54, 1.807) is 29.2 Å². The number of carbonyl (C=O) groups is 6. The number of imide groups is 1. The Morgan fingerprint density at radius 1 is 0.640 bits per heavy atom. The number of fused-ring (bicyclic) bond motifs is 1. The summed E-state index contributed by atoms with van der Waals surface area (Å²) in [6.07, 6.45) is 4.55. The van der Waals surface area contributed by atoms with Gasteiger partial charge in [-0.2, -0.15) is 4.31 Å². The molecule has 5 rings (SSSR count). The van der Waals surface area contributed by atoms with Gasteiger partial charge in [0.1, 0.15) is 5.84 Å². The van der Waals surface area contributed by atoms with Crippen molar-refractivity contribution in [3.05, 3.63) is 65.8 Å². The molecule has 3 heterocycles. The van der Waals surface area contributed by atoms with Crippen LogP contribution in [0.15, 0.2) is 70.1 Å². The van der Waals surface area contributed by atoms with Crippen LogP contribution in [0, 0.1) is 5.92 Å². The summed E-state index contributed by atoms with van der Waals surface area (Å²) >= 11 is 0. The number of nitrogens with one attached hydrogen (secondary N) is 3. The van der Waals surface area contributed by atoms with Crippen LogP contribution in [-0.4, -0.2) is 254 Å². The van der Waals surface area contributed by atoms with E-state index in [1.165, 1.54) is 16.5 Å². The smallest absolute Gasteiger partial charge is 0.404 e. The van der Waals surface area contributed by atoms with Crippen molar-refractivity contribution in [3.63, 3.8) is 0 Å². The summed E-state index contributed by atoms with van der Waals surface area (Å²) in [5.41, 5.74) is 9.39. The van der Waals surface area contributed by atoms with Crippen molar-refractivity contribution in [2.45, 2.75) is 43.9 Å². The molecule has 0 radical (unpaired) electrons. The van der Waals surface area contributed by atoms with Gasteiger partial charge in [-0.3, -0.25) is 28.9 Å². The topological polar surface area (TPSA) is 333 Å². The van der Waals surface area contributed by atoms with E-state index < -0.39 is 27.9 Å². The molecule has 478 valence electrons. The number of amidine groups is 1. The Morgan fingerprint density at radius 3 is 1.69 bits per heavy atom. The summed E-state index contributed by atoms with van der Waals surface area (Å²) < 4.78 is 83.7. The Balaban J connectivity index is 0.765. The molecule has 2 aromatic rings. The predicted molar refractivity (Wildman–Crippen MR) is 315 cm³/mol. The van der Waals surface area contributed by atoms with E-state index in [2.05, 4.69) is 20.9 Å². The summed E-state index contributed by atoms with van der Waals surface area (Å²) in [6, 6.07) is 12.2. The van der Waals surface area contributed by atoms with Crippen molar-refractivity contribution < 1.29 is 89.7 Å². The van der Waals surface area contributed by atoms with Gasteiger partial charge in [0.15, 0.2) is 0 Å². The van der Waals surface area contributed by atoms with Crippen LogP contribution < -0.4 is 21.7 Å². The fraction of sp³-hybridized carbons (Fsp3) is 0.603. The van der Waals surface area contributed by atoms with Crippen molar-refractivity contribution in [1.82, 2.24) is 30.1 Å². The van der Waals surface area contributed by atoms with Crippen LogP contribution in [0.2, 0.25) is 0 Å². The highest BCUT2D eigenvalue weighted by atomic mass is 32.2. The molecule has 2 aromatic carbocycles. The molecule has 3 aliphatic heterocycles. The molecule has 6 N–H and O–H groups in total. The van der Waals surface area contributed by atoms with Gasteiger partial charge in [0, 0.05) is 101 Å². The average molecular weight is 1230 g/mol. The number of carbonyl (C=O) groups excluding carboxylic acids is 5. The third-order valence-electron chi connectivity index (χ3n) is 13.1. The van der Waals surface area contributed by atoms with Crippen LogP contribution in [0.4, 0.5) is 10.5 Å². The van der Waals surface area contributed by atoms with Gasteiger partial charge >= 0.3 is 6.09 Å². The van der Waals surface area contributed by atoms with Crippen LogP contribution in [0.25, 0.3) is 17.2 Å². The van der Waals surface area contributed by atoms with Gasteiger partial charge in [-0.25, -0.2) is 18.2 Å². The average Bonchev–Trinajstić information content (AvgIpc) is 1.02. The van der Waals surface area contributed by atoms with Gasteiger partial charge in [0.05, 0.1) is 143 Å². The monoisotopic (exact) mass is 1230 g/mol. The SMILES string of the molecule is CCCN(CCCNC(=O)O)C(=O)C1=Cc2ccc(-c3cccc(S(=O)(=O)N4CC(CNC(=O)CCOCCOCCOCCOCCOCCOCCOCCOCCOCCOCCNC(=O)CCN5C(=O)C=CC5=O)C4)c3)cc2N=C(N)C1. The lowest BCUT2D eigenvalue weighted by molar-refractivity contribution is -0.137. The summed E-state index contributed by atoms with van der Waals surface area (Å²) in [4.78, 5) is 79.3. The number of amides is 6. The first-order valence-corrected chi connectivity index (χ1v) is 30.6. The van der Waals surface area contributed by atoms with Crippen molar-refractivity contribution in [1.29, 1.82) is 0 Å². The Hall–Kier alpha value is -6.28. The zero-order valence-electron chi connectivity index (χ0n) is 49.3. The minimum absolute atomic E-state index is 0.0323. The maximum absolute atomic E-state index is 13.7. The number of carboxylic acid groups (broad SMARTS) is 1. The zero-order valence-corrected chi connectivity index (χ0v) is 50.1. The van der Waals surface area contributed by atoms with Crippen molar-refractivity contribution in [2.75, 3.05) is 184 Å². The van der Waals surface area contributed by atoms with E-state index in [-0.39, 0.29) is 86.4 Å². The minimum atomic E-state index is -3.81. The normalized spacial score (nSPS) is 14.4. The highest BCUT2D eigenvalue weighted by Crippen LogP contribution is 2.34. The standard InChI is InChI=1S/C58H86N8O19S/c1-2-15-64(16-4-13-61-58(72)73)57(71)49-38-48-8-7-47(40-51(48)63-52(59)41-49)46-5-3-6-50(39-46)86(74,75)65-43-45(44-65)42-62-54(68)12-18-76-20-22-78-24-26-80-28-30-82-32-34-84-36-37-85-35-33-83-31-29-81-27-25-79-23-21-77-19-14-60-53(67)11-17-66-55(69)9-10-56(66)70/h3,5-10,38-40,45,61H,2,4,11-37,41-44H2,1H3,(H2,59,63)(H,60,67)(H,62,68)(H,72,73). The van der Waals surface area contributed by atoms with E-state index in [0.29, 0.717) is 181 Å². The second-order valence-electron chi connectivity index (χ2n) is 19.8. The van der Waals surface area contributed by atoms with Gasteiger partial charge in [-0.1, -0.05) is 31.2 Å². The van der Waals surface area contributed by atoms with Crippen LogP contribution in [0.3, 0.4) is 0 Å². The molecule has 0 bridgehead atoms. The fourth-order valence-corrected chi connectivity index (χ4v) is 10.2. The largest absolute Gasteiger partial charge is 0.465 e. The van der Waals surface area contributed by atoms with Crippen molar-refractivity contribution in [2.24, 2.45) is 16.6 Å². The summed E-state index contributed by atoms with van der Waals surface area (Å²) in [5, 5.41) is 16.8. The molecule has 0 aliphatic carbocycles. The van der Waals surface area contributed by atoms with E-state index in [1.807, 2.05) is 31.2 Å². The second-order valence-corrected chi connectivity index (χ2v) is 21.7. The molecule has 6 amide bonds. The lowest BCUT2D eigenvalue weighted by atomic mass is 10.0. The van der Waals surface area contributed by atoms with Crippen LogP contribution in [-0.2, 0) is 81.4 Å². The maximum atomic E-state index is 13.7. The molecule has 0 unspecified atom stereocenters. The van der Waals surface area contributed by atoms with Crippen molar-refractivity contribution >= 4 is 63.3 Å². The highest BCUT2D eigenvalue weighted by Gasteiger charge is 2.37. The van der Waals surface area contributed by atoms with E-state index >= 15 is 0 Å². The van der Waals surface area contributed by atoms with E-state index in [0.717, 1.165) is 16.9 Å². The van der Waals surface area contributed by atoms with Crippen LogP contribution in [0.1, 0.15) is 44.6 Å². The number of ether oxygens (including phenoxy) is 10. The van der Waals surface area contributed by atoms with Gasteiger partial charge in [0.25, 0.3) is 11.8 Å². The third kappa shape index (κ3) is 27.2. The Morgan fingerprint density at radius 2 is 1.15 bits per heavy atom. The maximum Gasteiger partial charge on any atom is 0.404 e. The van der Waals surface area contributed by atoms with Gasteiger partial charge in [-0.05, 0) is 48.2 Å². The number of sulfonamides is 1. The third-order valence-corrected chi connectivity index (χ3v) is 14.9. The molecular formula is C58H86N8O19S. The number of nitrogens with two attached hydrogens (primary N) is 1. The Kier molecular flexibility index (Phi) is 33.6. The van der Waals surface area contributed by atoms with Crippen molar-refractivity contribution in [3.8, 4) is 11.1 Å². The second kappa shape index (κ2) is 41.0. The van der Waals surface area contributed by atoms with Gasteiger partial charge < -0.3 is 79.1 Å². The van der Waals surface area contributed by atoms with E-state index in [4.69, 9.17) is 58.2 Å². The number of nitrogens with zero attached hydrogens (tertiary/aromatic N) is 4. The highest BCUT2D eigenvalue weighted by molar-refractivity contribution is 7.89. The lowest BCUT2D eigenvalue weighted by Crippen LogP contribution is -2.53. The molecule has 3 aliphatic rings. The molecule has 1 saturated heterocycles. The summed E-state index contributed by atoms with van der Waals surface area (Å²) in [7, 11) is -3.81. The minimum Gasteiger partial charge on any atom is -0.465 e. The lowest BCUT2D eigenvalue weighted by Gasteiger charge is -2.38. The Labute approximate surface area is 503 Å². The molecule has 86 heavy (non-hydrogen) atoms. The first kappa shape index (κ1) is 70.5. The number of hydrogen-bond acceptors (Lipinski definition) is 20. The number of aliphatic imine (C=N–C) groups is 1. The quantitative estimate of drug-likeness (QED) is 0.0465. The first-order chi connectivity index (χ1) is 41.7. The fourth-order valence-electron chi connectivity index (χ4n) is 8.60. The molecule has 27 nitrogen and oxygen atoms in total. The Bertz CT molecular complexity index is 2620. The van der Waals surface area contributed by atoms with Gasteiger partial charge in [0.2, 0.25) is 27.7 Å². The molecule has 0 atom stereocenters. The first-order valence-electron chi connectivity index (χ1n) is 29.1. The van der Waals surface area contributed by atoms with Gasteiger partial charge in [-0.15, -0.1) is 0 Å². The molecule has 0 saturated carbocycles. The summed E-state index contributed by atoms with van der Waals surface area (Å²) in [5.74, 6) is -1.24. The number of rotatable bonds is 48. The van der Waals surface area contributed by atoms with Crippen LogP contribution >= 0.6 is 0 Å². The molecule has 0 aromatic heterocycles. The number of benzene rings is 2. The predicted octanol–water partition coefficient (Wildman–Crippen LogP) is 1.75. The zero-order chi connectivity index (χ0) is 61.6. The van der Waals surface area contributed by atoms with Crippen LogP contribution in [0.5, 0.6) is 0 Å². The number of hydrogen-bond donors (Lipinski definition) is 5.